The Kier molecular flexibility index (Phi) is 4.21. The van der Waals surface area contributed by atoms with E-state index in [9.17, 15) is 0 Å². The van der Waals surface area contributed by atoms with E-state index in [1.165, 1.54) is 5.56 Å². The van der Waals surface area contributed by atoms with Crippen LogP contribution in [-0.2, 0) is 6.42 Å². The summed E-state index contributed by atoms with van der Waals surface area (Å²) in [7, 11) is 0. The minimum absolute atomic E-state index is 0.255. The predicted molar refractivity (Wildman–Crippen MR) is 70.8 cm³/mol. The van der Waals surface area contributed by atoms with Crippen LogP contribution < -0.4 is 5.32 Å². The van der Waals surface area contributed by atoms with Gasteiger partial charge in [0, 0.05) is 0 Å². The third-order valence-corrected chi connectivity index (χ3v) is 3.57. The van der Waals surface area contributed by atoms with Gasteiger partial charge >= 0.3 is 0 Å². The summed E-state index contributed by atoms with van der Waals surface area (Å²) in [6, 6.07) is 6.37. The van der Waals surface area contributed by atoms with Crippen LogP contribution in [0, 0.1) is 0 Å². The third kappa shape index (κ3) is 2.97. The van der Waals surface area contributed by atoms with Crippen molar-refractivity contribution in [2.24, 2.45) is 0 Å². The number of hydrogen-bond acceptors (Lipinski definition) is 3. The molecule has 2 rings (SSSR count). The molecule has 16 heavy (non-hydrogen) atoms. The van der Waals surface area contributed by atoms with Crippen LogP contribution in [0.5, 0.6) is 0 Å². The highest BCUT2D eigenvalue weighted by Crippen LogP contribution is 2.24. The number of halogens is 1. The molecule has 1 atom stereocenters. The first kappa shape index (κ1) is 11.9. The molecule has 0 bridgehead atoms. The molecule has 0 aliphatic heterocycles. The Hall–Kier alpha value is -0.580. The average Bonchev–Trinajstić information content (AvgIpc) is 2.88. The van der Waals surface area contributed by atoms with Crippen LogP contribution in [-0.4, -0.2) is 6.54 Å². The molecule has 0 saturated heterocycles. The fourth-order valence-corrected chi connectivity index (χ4v) is 2.68. The fraction of sp³-hybridized carbons (Fsp3) is 0.333. The van der Waals surface area contributed by atoms with Gasteiger partial charge in [0.05, 0.1) is 6.04 Å². The fourth-order valence-electron chi connectivity index (χ4n) is 1.68. The van der Waals surface area contributed by atoms with Crippen molar-refractivity contribution in [3.8, 4) is 0 Å². The standard InChI is InChI=1S/C12H14BrNOS/c1-2-14-10(7-9-5-6-16-8-9)11-3-4-12(13)15-11/h3-6,8,10,14H,2,7H2,1H3. The van der Waals surface area contributed by atoms with Gasteiger partial charge in [-0.25, -0.2) is 0 Å². The molecule has 0 aromatic carbocycles. The van der Waals surface area contributed by atoms with Gasteiger partial charge in [0.1, 0.15) is 5.76 Å². The molecule has 2 nitrogen and oxygen atoms in total. The maximum Gasteiger partial charge on any atom is 0.169 e. The van der Waals surface area contributed by atoms with Gasteiger partial charge in [-0.15, -0.1) is 0 Å². The summed E-state index contributed by atoms with van der Waals surface area (Å²) in [6.45, 7) is 3.05. The maximum atomic E-state index is 5.60. The highest BCUT2D eigenvalue weighted by molar-refractivity contribution is 9.10. The molecule has 2 heterocycles. The second-order valence-electron chi connectivity index (χ2n) is 3.59. The number of furan rings is 1. The second-order valence-corrected chi connectivity index (χ2v) is 5.15. The SMILES string of the molecule is CCNC(Cc1ccsc1)c1ccc(Br)o1. The van der Waals surface area contributed by atoms with E-state index in [0.717, 1.165) is 23.4 Å². The van der Waals surface area contributed by atoms with E-state index in [2.05, 4.69) is 45.0 Å². The molecule has 4 heteroatoms. The van der Waals surface area contributed by atoms with Crippen molar-refractivity contribution < 1.29 is 4.42 Å². The first-order valence-corrected chi connectivity index (χ1v) is 7.03. The molecule has 1 N–H and O–H groups in total. The molecular weight excluding hydrogens is 286 g/mol. The molecule has 0 spiro atoms. The Bertz CT molecular complexity index is 424. The molecule has 0 amide bonds. The summed E-state index contributed by atoms with van der Waals surface area (Å²) in [4.78, 5) is 0. The number of hydrogen-bond donors (Lipinski definition) is 1. The average molecular weight is 300 g/mol. The van der Waals surface area contributed by atoms with Crippen molar-refractivity contribution in [1.82, 2.24) is 5.32 Å². The molecular formula is C12H14BrNOS. The Morgan fingerprint density at radius 2 is 2.31 bits per heavy atom. The van der Waals surface area contributed by atoms with Gasteiger partial charge in [-0.05, 0) is 63.4 Å². The van der Waals surface area contributed by atoms with Gasteiger partial charge in [-0.3, -0.25) is 0 Å². The molecule has 1 unspecified atom stereocenters. The molecule has 0 aliphatic carbocycles. The molecule has 0 aliphatic rings. The summed E-state index contributed by atoms with van der Waals surface area (Å²) >= 11 is 5.07. The quantitative estimate of drug-likeness (QED) is 0.903. The minimum Gasteiger partial charge on any atom is -0.453 e. The highest BCUT2D eigenvalue weighted by Gasteiger charge is 2.15. The minimum atomic E-state index is 0.255. The van der Waals surface area contributed by atoms with Crippen molar-refractivity contribution in [3.05, 3.63) is 45.0 Å². The van der Waals surface area contributed by atoms with Crippen LogP contribution in [0.15, 0.2) is 38.0 Å². The van der Waals surface area contributed by atoms with E-state index < -0.39 is 0 Å². The summed E-state index contributed by atoms with van der Waals surface area (Å²) < 4.78 is 6.39. The van der Waals surface area contributed by atoms with Crippen molar-refractivity contribution in [2.75, 3.05) is 6.54 Å². The highest BCUT2D eigenvalue weighted by atomic mass is 79.9. The molecule has 2 aromatic rings. The first-order chi connectivity index (χ1) is 7.79. The van der Waals surface area contributed by atoms with Gasteiger partial charge < -0.3 is 9.73 Å². The maximum absolute atomic E-state index is 5.60. The lowest BCUT2D eigenvalue weighted by atomic mass is 10.1. The molecule has 0 fully saturated rings. The lowest BCUT2D eigenvalue weighted by Crippen LogP contribution is -2.22. The van der Waals surface area contributed by atoms with E-state index in [1.54, 1.807) is 11.3 Å². The topological polar surface area (TPSA) is 25.2 Å². The Labute approximate surface area is 108 Å². The Morgan fingerprint density at radius 3 is 2.88 bits per heavy atom. The Balaban J connectivity index is 2.11. The van der Waals surface area contributed by atoms with Crippen LogP contribution >= 0.6 is 27.3 Å². The van der Waals surface area contributed by atoms with Crippen molar-refractivity contribution in [1.29, 1.82) is 0 Å². The van der Waals surface area contributed by atoms with Crippen LogP contribution in [0.25, 0.3) is 0 Å². The summed E-state index contributed by atoms with van der Waals surface area (Å²) in [5.41, 5.74) is 1.35. The number of likely N-dealkylation sites (N-methyl/N-ethyl adjacent to an activating group) is 1. The number of nitrogens with one attached hydrogen (secondary N) is 1. The number of thiophene rings is 1. The van der Waals surface area contributed by atoms with Gasteiger partial charge in [-0.2, -0.15) is 11.3 Å². The Morgan fingerprint density at radius 1 is 1.44 bits per heavy atom. The van der Waals surface area contributed by atoms with Crippen LogP contribution in [0.3, 0.4) is 0 Å². The second kappa shape index (κ2) is 5.66. The largest absolute Gasteiger partial charge is 0.453 e. The van der Waals surface area contributed by atoms with Crippen molar-refractivity contribution >= 4 is 27.3 Å². The molecule has 0 radical (unpaired) electrons. The smallest absolute Gasteiger partial charge is 0.169 e. The van der Waals surface area contributed by atoms with E-state index in [-0.39, 0.29) is 6.04 Å². The third-order valence-electron chi connectivity index (χ3n) is 2.41. The van der Waals surface area contributed by atoms with Gasteiger partial charge in [0.2, 0.25) is 0 Å². The lowest BCUT2D eigenvalue weighted by molar-refractivity contribution is 0.405. The van der Waals surface area contributed by atoms with Gasteiger partial charge in [0.15, 0.2) is 4.67 Å². The predicted octanol–water partition coefficient (Wildman–Crippen LogP) is 4.00. The number of rotatable bonds is 5. The van der Waals surface area contributed by atoms with E-state index in [1.807, 2.05) is 12.1 Å². The zero-order valence-corrected chi connectivity index (χ0v) is 11.5. The summed E-state index contributed by atoms with van der Waals surface area (Å²) in [6.07, 6.45) is 0.970. The van der Waals surface area contributed by atoms with Crippen molar-refractivity contribution in [3.63, 3.8) is 0 Å². The van der Waals surface area contributed by atoms with Crippen molar-refractivity contribution in [2.45, 2.75) is 19.4 Å². The van der Waals surface area contributed by atoms with Crippen LogP contribution in [0.1, 0.15) is 24.3 Å². The van der Waals surface area contributed by atoms with E-state index >= 15 is 0 Å². The molecule has 0 saturated carbocycles. The van der Waals surface area contributed by atoms with Gasteiger partial charge in [-0.1, -0.05) is 6.92 Å². The normalized spacial score (nSPS) is 12.9. The molecule has 86 valence electrons. The van der Waals surface area contributed by atoms with Crippen LogP contribution in [0.4, 0.5) is 0 Å². The summed E-state index contributed by atoms with van der Waals surface area (Å²) in [5, 5.41) is 7.73. The monoisotopic (exact) mass is 299 g/mol. The van der Waals surface area contributed by atoms with E-state index in [4.69, 9.17) is 4.42 Å². The van der Waals surface area contributed by atoms with E-state index in [0.29, 0.717) is 0 Å². The van der Waals surface area contributed by atoms with Crippen LogP contribution in [0.2, 0.25) is 0 Å². The van der Waals surface area contributed by atoms with Gasteiger partial charge in [0.25, 0.3) is 0 Å². The molecule has 2 aromatic heterocycles. The zero-order valence-electron chi connectivity index (χ0n) is 9.07. The lowest BCUT2D eigenvalue weighted by Gasteiger charge is -2.14. The first-order valence-electron chi connectivity index (χ1n) is 5.29. The zero-order chi connectivity index (χ0) is 11.4. The summed E-state index contributed by atoms with van der Waals surface area (Å²) in [5.74, 6) is 0.986.